The average molecular weight is 480 g/mol. The van der Waals surface area contributed by atoms with Gasteiger partial charge in [-0.25, -0.2) is 4.98 Å². The van der Waals surface area contributed by atoms with E-state index < -0.39 is 11.7 Å². The maximum atomic E-state index is 13.3. The molecular weight excluding hydrogens is 447 g/mol. The molecular formula is C26H33ClF3N3. The molecule has 0 N–H and O–H groups in total. The number of rotatable bonds is 12. The highest BCUT2D eigenvalue weighted by Crippen LogP contribution is 2.32. The second-order valence-electron chi connectivity index (χ2n) is 8.59. The molecule has 0 spiro atoms. The van der Waals surface area contributed by atoms with Crippen LogP contribution in [0.4, 0.5) is 13.2 Å². The van der Waals surface area contributed by atoms with E-state index in [1.165, 1.54) is 25.7 Å². The molecule has 1 aromatic heterocycles. The first-order valence-corrected chi connectivity index (χ1v) is 12.2. The van der Waals surface area contributed by atoms with Crippen molar-refractivity contribution < 1.29 is 13.2 Å². The van der Waals surface area contributed by atoms with Crippen LogP contribution in [0.15, 0.2) is 42.5 Å². The Hall–Kier alpha value is -2.05. The predicted octanol–water partition coefficient (Wildman–Crippen LogP) is 7.59. The molecule has 2 aromatic carbocycles. The molecule has 0 aliphatic carbocycles. The fraction of sp³-hybridized carbons (Fsp3) is 0.500. The summed E-state index contributed by atoms with van der Waals surface area (Å²) in [5.74, 6) is 0.778. The second kappa shape index (κ2) is 11.9. The fourth-order valence-corrected chi connectivity index (χ4v) is 4.20. The van der Waals surface area contributed by atoms with Gasteiger partial charge >= 0.3 is 6.18 Å². The molecule has 0 saturated carbocycles. The highest BCUT2D eigenvalue weighted by Gasteiger charge is 2.31. The number of nitrogens with zero attached hydrogens (tertiary/aromatic N) is 3. The lowest BCUT2D eigenvalue weighted by atomic mass is 10.1. The molecule has 3 nitrogen and oxygen atoms in total. The molecule has 180 valence electrons. The molecule has 0 saturated heterocycles. The Morgan fingerprint density at radius 2 is 1.55 bits per heavy atom. The van der Waals surface area contributed by atoms with E-state index in [1.807, 2.05) is 24.3 Å². The van der Waals surface area contributed by atoms with Gasteiger partial charge in [-0.3, -0.25) is 0 Å². The van der Waals surface area contributed by atoms with Gasteiger partial charge < -0.3 is 9.47 Å². The summed E-state index contributed by atoms with van der Waals surface area (Å²) in [5, 5.41) is 0.654. The van der Waals surface area contributed by atoms with Gasteiger partial charge in [-0.2, -0.15) is 13.2 Å². The number of alkyl halides is 3. The van der Waals surface area contributed by atoms with Gasteiger partial charge in [0.25, 0.3) is 0 Å². The van der Waals surface area contributed by atoms with E-state index in [0.717, 1.165) is 61.6 Å². The Morgan fingerprint density at radius 3 is 2.15 bits per heavy atom. The number of fused-ring (bicyclic) bond motifs is 1. The minimum atomic E-state index is -4.38. The van der Waals surface area contributed by atoms with Crippen molar-refractivity contribution in [3.63, 3.8) is 0 Å². The number of aromatic nitrogens is 2. The van der Waals surface area contributed by atoms with Gasteiger partial charge in [-0.15, -0.1) is 0 Å². The number of hydrogen-bond acceptors (Lipinski definition) is 2. The van der Waals surface area contributed by atoms with Crippen LogP contribution >= 0.6 is 11.6 Å². The number of hydrogen-bond donors (Lipinski definition) is 0. The molecule has 1 heterocycles. The average Bonchev–Trinajstić information content (AvgIpc) is 3.12. The first-order valence-electron chi connectivity index (χ1n) is 11.8. The maximum absolute atomic E-state index is 13.3. The van der Waals surface area contributed by atoms with E-state index in [9.17, 15) is 13.2 Å². The van der Waals surface area contributed by atoms with Gasteiger partial charge in [-0.1, -0.05) is 50.4 Å². The molecule has 0 bridgehead atoms. The van der Waals surface area contributed by atoms with E-state index in [4.69, 9.17) is 11.6 Å². The van der Waals surface area contributed by atoms with Crippen LogP contribution in [-0.2, 0) is 19.1 Å². The topological polar surface area (TPSA) is 21.1 Å². The van der Waals surface area contributed by atoms with Crippen LogP contribution in [0.5, 0.6) is 0 Å². The van der Waals surface area contributed by atoms with Crippen LogP contribution < -0.4 is 0 Å². The summed E-state index contributed by atoms with van der Waals surface area (Å²) in [6, 6.07) is 11.4. The number of aryl methyl sites for hydroxylation is 1. The normalized spacial score (nSPS) is 12.2. The summed E-state index contributed by atoms with van der Waals surface area (Å²) in [7, 11) is 0. The van der Waals surface area contributed by atoms with Crippen LogP contribution in [0, 0.1) is 0 Å². The third kappa shape index (κ3) is 7.21. The zero-order valence-electron chi connectivity index (χ0n) is 19.5. The largest absolute Gasteiger partial charge is 0.416 e. The minimum absolute atomic E-state index is 0.391. The molecule has 0 atom stereocenters. The number of imidazole rings is 1. The molecule has 7 heteroatoms. The molecule has 0 radical (unpaired) electrons. The van der Waals surface area contributed by atoms with Crippen LogP contribution in [-0.4, -0.2) is 34.1 Å². The Kier molecular flexibility index (Phi) is 9.21. The Bertz CT molecular complexity index is 1000. The van der Waals surface area contributed by atoms with E-state index in [1.54, 1.807) is 6.07 Å². The molecule has 3 rings (SSSR count). The molecule has 0 aliphatic heterocycles. The van der Waals surface area contributed by atoms with Crippen LogP contribution in [0.3, 0.4) is 0 Å². The zero-order chi connectivity index (χ0) is 23.8. The number of halogens is 4. The molecule has 0 amide bonds. The van der Waals surface area contributed by atoms with Crippen LogP contribution in [0.2, 0.25) is 5.02 Å². The first-order chi connectivity index (χ1) is 15.8. The quantitative estimate of drug-likeness (QED) is 0.267. The van der Waals surface area contributed by atoms with E-state index in [-0.39, 0.29) is 0 Å². The Morgan fingerprint density at radius 1 is 0.909 bits per heavy atom. The van der Waals surface area contributed by atoms with Crippen molar-refractivity contribution in [3.05, 3.63) is 64.4 Å². The van der Waals surface area contributed by atoms with Crippen molar-refractivity contribution >= 4 is 22.6 Å². The monoisotopic (exact) mass is 479 g/mol. The molecule has 0 aliphatic rings. The van der Waals surface area contributed by atoms with Crippen LogP contribution in [0.1, 0.15) is 62.9 Å². The fourth-order valence-electron chi connectivity index (χ4n) is 4.08. The van der Waals surface area contributed by atoms with Gasteiger partial charge in [0.15, 0.2) is 0 Å². The van der Waals surface area contributed by atoms with Crippen molar-refractivity contribution in [3.8, 4) is 0 Å². The standard InChI is InChI=1S/C26H33ClF3N3/c1-3-5-14-32(15-6-4-2)16-7-17-33-24-13-10-21(26(28,29)30)19-23(24)31-25(33)18-20-8-11-22(27)12-9-20/h8-13,19H,3-7,14-18H2,1-2H3. The summed E-state index contributed by atoms with van der Waals surface area (Å²) in [6.45, 7) is 8.28. The number of unbranched alkanes of at least 4 members (excludes halogenated alkanes) is 2. The number of benzene rings is 2. The second-order valence-corrected chi connectivity index (χ2v) is 9.02. The Labute approximate surface area is 199 Å². The summed E-state index contributed by atoms with van der Waals surface area (Å²) >= 11 is 6.01. The van der Waals surface area contributed by atoms with Crippen LogP contribution in [0.25, 0.3) is 11.0 Å². The Balaban J connectivity index is 1.84. The summed E-state index contributed by atoms with van der Waals surface area (Å²) < 4.78 is 41.8. The lowest BCUT2D eigenvalue weighted by molar-refractivity contribution is -0.137. The van der Waals surface area contributed by atoms with Crippen molar-refractivity contribution in [2.24, 2.45) is 0 Å². The smallest absolute Gasteiger partial charge is 0.328 e. The van der Waals surface area contributed by atoms with Crippen molar-refractivity contribution in [2.45, 2.75) is 65.1 Å². The third-order valence-corrected chi connectivity index (χ3v) is 6.19. The van der Waals surface area contributed by atoms with Gasteiger partial charge in [-0.05, 0) is 74.8 Å². The SMILES string of the molecule is CCCCN(CCCC)CCCn1c(Cc2ccc(Cl)cc2)nc2cc(C(F)(F)F)ccc21. The lowest BCUT2D eigenvalue weighted by Crippen LogP contribution is -2.28. The lowest BCUT2D eigenvalue weighted by Gasteiger charge is -2.22. The van der Waals surface area contributed by atoms with Gasteiger partial charge in [0.1, 0.15) is 5.82 Å². The molecule has 33 heavy (non-hydrogen) atoms. The highest BCUT2D eigenvalue weighted by molar-refractivity contribution is 6.30. The third-order valence-electron chi connectivity index (χ3n) is 5.94. The van der Waals surface area contributed by atoms with Crippen molar-refractivity contribution in [1.29, 1.82) is 0 Å². The molecule has 0 unspecified atom stereocenters. The first kappa shape index (κ1) is 25.6. The van der Waals surface area contributed by atoms with Gasteiger partial charge in [0.2, 0.25) is 0 Å². The van der Waals surface area contributed by atoms with Crippen molar-refractivity contribution in [2.75, 3.05) is 19.6 Å². The summed E-state index contributed by atoms with van der Waals surface area (Å²) in [6.07, 6.45) is 1.78. The van der Waals surface area contributed by atoms with Gasteiger partial charge in [0.05, 0.1) is 16.6 Å². The predicted molar refractivity (Wildman–Crippen MR) is 130 cm³/mol. The van der Waals surface area contributed by atoms with Crippen molar-refractivity contribution in [1.82, 2.24) is 14.5 Å². The van der Waals surface area contributed by atoms with Gasteiger partial charge in [0, 0.05) is 18.0 Å². The summed E-state index contributed by atoms with van der Waals surface area (Å²) in [4.78, 5) is 7.12. The maximum Gasteiger partial charge on any atom is 0.416 e. The highest BCUT2D eigenvalue weighted by atomic mass is 35.5. The van der Waals surface area contributed by atoms with E-state index in [0.29, 0.717) is 17.0 Å². The van der Waals surface area contributed by atoms with E-state index in [2.05, 4.69) is 28.3 Å². The zero-order valence-corrected chi connectivity index (χ0v) is 20.2. The molecule has 0 fully saturated rings. The minimum Gasteiger partial charge on any atom is -0.328 e. The summed E-state index contributed by atoms with van der Waals surface area (Å²) in [5.41, 5.74) is 1.51. The van der Waals surface area contributed by atoms with E-state index >= 15 is 0 Å². The molecule has 3 aromatic rings.